The van der Waals surface area contributed by atoms with Crippen LogP contribution in [0, 0.1) is 0 Å². The molecule has 0 atom stereocenters. The average molecular weight is 364 g/mol. The van der Waals surface area contributed by atoms with Crippen LogP contribution < -0.4 is 10.6 Å². The number of carbonyl (C=O) groups is 1. The lowest BCUT2D eigenvalue weighted by atomic mass is 10.2. The van der Waals surface area contributed by atoms with E-state index in [-0.39, 0.29) is 6.03 Å². The number of urea groups is 1. The first-order valence-electron chi connectivity index (χ1n) is 7.93. The third-order valence-electron chi connectivity index (χ3n) is 3.79. The van der Waals surface area contributed by atoms with Crippen LogP contribution >= 0.6 is 11.6 Å². The van der Waals surface area contributed by atoms with Crippen molar-refractivity contribution in [1.82, 2.24) is 14.6 Å². The highest BCUT2D eigenvalue weighted by atomic mass is 35.5. The summed E-state index contributed by atoms with van der Waals surface area (Å²) in [6.45, 7) is 0. The van der Waals surface area contributed by atoms with Gasteiger partial charge in [-0.05, 0) is 48.5 Å². The number of hydrogen-bond donors (Lipinski definition) is 2. The fraction of sp³-hybridized carbons (Fsp3) is 0. The van der Waals surface area contributed by atoms with Gasteiger partial charge in [0, 0.05) is 28.2 Å². The summed E-state index contributed by atoms with van der Waals surface area (Å²) in [5.41, 5.74) is 2.93. The minimum Gasteiger partial charge on any atom is -0.308 e. The maximum Gasteiger partial charge on any atom is 0.323 e. The summed E-state index contributed by atoms with van der Waals surface area (Å²) >= 11 is 5.84. The first kappa shape index (κ1) is 16.1. The van der Waals surface area contributed by atoms with Gasteiger partial charge in [-0.3, -0.25) is 4.40 Å². The normalized spacial score (nSPS) is 10.7. The van der Waals surface area contributed by atoms with Crippen LogP contribution in [0.3, 0.4) is 0 Å². The zero-order valence-electron chi connectivity index (χ0n) is 13.6. The van der Waals surface area contributed by atoms with Crippen LogP contribution in [0.15, 0.2) is 72.9 Å². The second kappa shape index (κ2) is 6.85. The minimum absolute atomic E-state index is 0.337. The van der Waals surface area contributed by atoms with E-state index in [0.29, 0.717) is 22.2 Å². The van der Waals surface area contributed by atoms with Gasteiger partial charge in [-0.15, -0.1) is 10.2 Å². The summed E-state index contributed by atoms with van der Waals surface area (Å²) in [7, 11) is 0. The molecule has 2 N–H and O–H groups in total. The fourth-order valence-electron chi connectivity index (χ4n) is 2.60. The summed E-state index contributed by atoms with van der Waals surface area (Å²) in [6, 6.07) is 19.7. The van der Waals surface area contributed by atoms with Crippen molar-refractivity contribution in [3.05, 3.63) is 77.9 Å². The number of nitrogens with zero attached hydrogens (tertiary/aromatic N) is 3. The number of anilines is 2. The quantitative estimate of drug-likeness (QED) is 0.554. The molecule has 0 aliphatic carbocycles. The van der Waals surface area contributed by atoms with Crippen molar-refractivity contribution in [3.8, 4) is 11.4 Å². The first-order chi connectivity index (χ1) is 12.7. The molecule has 4 rings (SSSR count). The van der Waals surface area contributed by atoms with Gasteiger partial charge in [0.1, 0.15) is 0 Å². The third kappa shape index (κ3) is 3.36. The van der Waals surface area contributed by atoms with Crippen molar-refractivity contribution in [2.45, 2.75) is 0 Å². The summed E-state index contributed by atoms with van der Waals surface area (Å²) in [4.78, 5) is 12.2. The van der Waals surface area contributed by atoms with Crippen molar-refractivity contribution in [2.24, 2.45) is 0 Å². The van der Waals surface area contributed by atoms with Crippen LogP contribution in [0.1, 0.15) is 0 Å². The number of amides is 2. The van der Waals surface area contributed by atoms with Crippen LogP contribution in [-0.2, 0) is 0 Å². The molecule has 0 fully saturated rings. The lowest BCUT2D eigenvalue weighted by Crippen LogP contribution is -2.19. The van der Waals surface area contributed by atoms with Gasteiger partial charge in [-0.2, -0.15) is 0 Å². The molecule has 128 valence electrons. The third-order valence-corrected chi connectivity index (χ3v) is 4.05. The highest BCUT2D eigenvalue weighted by Crippen LogP contribution is 2.22. The number of benzene rings is 2. The summed E-state index contributed by atoms with van der Waals surface area (Å²) in [5, 5.41) is 14.6. The SMILES string of the molecule is O=C(Nc1ccc(Cl)cc1)Nc1cccc(-c2nnc3ccccn23)c1. The Bertz CT molecular complexity index is 1070. The van der Waals surface area contributed by atoms with Gasteiger partial charge < -0.3 is 10.6 Å². The standard InChI is InChI=1S/C19H14ClN5O/c20-14-7-9-15(10-8-14)21-19(26)22-16-5-3-4-13(12-16)18-24-23-17-6-1-2-11-25(17)18/h1-12H,(H2,21,22,26). The number of hydrogen-bond acceptors (Lipinski definition) is 3. The van der Waals surface area contributed by atoms with E-state index in [2.05, 4.69) is 20.8 Å². The van der Waals surface area contributed by atoms with Gasteiger partial charge in [0.2, 0.25) is 0 Å². The van der Waals surface area contributed by atoms with E-state index < -0.39 is 0 Å². The van der Waals surface area contributed by atoms with E-state index in [1.54, 1.807) is 24.3 Å². The summed E-state index contributed by atoms with van der Waals surface area (Å²) in [5.74, 6) is 0.711. The molecule has 7 heteroatoms. The van der Waals surface area contributed by atoms with Crippen molar-refractivity contribution in [1.29, 1.82) is 0 Å². The molecule has 2 aromatic carbocycles. The molecule has 0 aliphatic rings. The van der Waals surface area contributed by atoms with Gasteiger partial charge in [0.25, 0.3) is 0 Å². The van der Waals surface area contributed by atoms with E-state index in [1.807, 2.05) is 53.1 Å². The molecule has 4 aromatic rings. The Hall–Kier alpha value is -3.38. The topological polar surface area (TPSA) is 71.3 Å². The number of halogens is 1. The highest BCUT2D eigenvalue weighted by Gasteiger charge is 2.09. The van der Waals surface area contributed by atoms with Gasteiger partial charge in [-0.25, -0.2) is 4.79 Å². The van der Waals surface area contributed by atoms with Crippen molar-refractivity contribution in [3.63, 3.8) is 0 Å². The van der Waals surface area contributed by atoms with E-state index in [0.717, 1.165) is 11.2 Å². The zero-order valence-corrected chi connectivity index (χ0v) is 14.3. The molecular weight excluding hydrogens is 350 g/mol. The monoisotopic (exact) mass is 363 g/mol. The van der Waals surface area contributed by atoms with Gasteiger partial charge >= 0.3 is 6.03 Å². The van der Waals surface area contributed by atoms with E-state index in [4.69, 9.17) is 11.6 Å². The Morgan fingerprint density at radius 1 is 0.885 bits per heavy atom. The molecule has 2 heterocycles. The second-order valence-corrected chi connectivity index (χ2v) is 6.06. The maximum absolute atomic E-state index is 12.2. The Morgan fingerprint density at radius 3 is 2.54 bits per heavy atom. The van der Waals surface area contributed by atoms with Crippen LogP contribution in [0.25, 0.3) is 17.0 Å². The van der Waals surface area contributed by atoms with Crippen molar-refractivity contribution < 1.29 is 4.79 Å². The Kier molecular flexibility index (Phi) is 4.25. The van der Waals surface area contributed by atoms with Crippen LogP contribution in [0.5, 0.6) is 0 Å². The largest absolute Gasteiger partial charge is 0.323 e. The molecule has 2 aromatic heterocycles. The Labute approximate surface area is 154 Å². The Balaban J connectivity index is 1.54. The predicted molar refractivity (Wildman–Crippen MR) is 103 cm³/mol. The number of aromatic nitrogens is 3. The molecule has 0 radical (unpaired) electrons. The van der Waals surface area contributed by atoms with Crippen LogP contribution in [-0.4, -0.2) is 20.6 Å². The number of carbonyl (C=O) groups excluding carboxylic acids is 1. The predicted octanol–water partition coefficient (Wildman–Crippen LogP) is 4.69. The van der Waals surface area contributed by atoms with E-state index in [9.17, 15) is 4.79 Å². The summed E-state index contributed by atoms with van der Waals surface area (Å²) in [6.07, 6.45) is 1.90. The molecular formula is C19H14ClN5O. The first-order valence-corrected chi connectivity index (χ1v) is 8.31. The van der Waals surface area contributed by atoms with Crippen LogP contribution in [0.4, 0.5) is 16.2 Å². The number of rotatable bonds is 3. The molecule has 0 saturated heterocycles. The second-order valence-electron chi connectivity index (χ2n) is 5.62. The zero-order chi connectivity index (χ0) is 17.9. The lowest BCUT2D eigenvalue weighted by Gasteiger charge is -2.09. The van der Waals surface area contributed by atoms with Gasteiger partial charge in [0.15, 0.2) is 11.5 Å². The smallest absolute Gasteiger partial charge is 0.308 e. The highest BCUT2D eigenvalue weighted by molar-refractivity contribution is 6.30. The number of pyridine rings is 1. The van der Waals surface area contributed by atoms with Crippen molar-refractivity contribution >= 4 is 34.7 Å². The van der Waals surface area contributed by atoms with E-state index in [1.165, 1.54) is 0 Å². The van der Waals surface area contributed by atoms with E-state index >= 15 is 0 Å². The summed E-state index contributed by atoms with van der Waals surface area (Å²) < 4.78 is 1.90. The number of fused-ring (bicyclic) bond motifs is 1. The molecule has 0 spiro atoms. The molecule has 6 nitrogen and oxygen atoms in total. The minimum atomic E-state index is -0.337. The molecule has 2 amide bonds. The average Bonchev–Trinajstić information content (AvgIpc) is 3.08. The van der Waals surface area contributed by atoms with Gasteiger partial charge in [-0.1, -0.05) is 29.8 Å². The van der Waals surface area contributed by atoms with Crippen molar-refractivity contribution in [2.75, 3.05) is 10.6 Å². The molecule has 0 aliphatic heterocycles. The lowest BCUT2D eigenvalue weighted by molar-refractivity contribution is 0.262. The maximum atomic E-state index is 12.2. The number of nitrogens with one attached hydrogen (secondary N) is 2. The molecule has 0 saturated carbocycles. The molecule has 26 heavy (non-hydrogen) atoms. The molecule has 0 bridgehead atoms. The fourth-order valence-corrected chi connectivity index (χ4v) is 2.73. The van der Waals surface area contributed by atoms with Gasteiger partial charge in [0.05, 0.1) is 0 Å². The van der Waals surface area contributed by atoms with Crippen LogP contribution in [0.2, 0.25) is 5.02 Å². The molecule has 0 unspecified atom stereocenters. The Morgan fingerprint density at radius 2 is 1.69 bits per heavy atom.